The van der Waals surface area contributed by atoms with E-state index in [2.05, 4.69) is 14.7 Å². The molecule has 0 bridgehead atoms. The summed E-state index contributed by atoms with van der Waals surface area (Å²) in [6, 6.07) is -0.355. The smallest absolute Gasteiger partial charge is 0.161 e. The molecule has 0 amide bonds. The number of ether oxygens (including phenoxy) is 1. The first-order valence-electron chi connectivity index (χ1n) is 4.32. The lowest BCUT2D eigenvalue weighted by atomic mass is 10.1. The van der Waals surface area contributed by atoms with Gasteiger partial charge in [-0.2, -0.15) is 5.10 Å². The standard InChI is InChI=1S/C8H11N5OS/c1-13-8(6(14-2)3-10-13)7(9)5-4-15-12-11-5/h3-4,7H,9H2,1-2H3. The van der Waals surface area contributed by atoms with E-state index in [1.165, 1.54) is 11.5 Å². The highest BCUT2D eigenvalue weighted by atomic mass is 32.1. The van der Waals surface area contributed by atoms with Crippen molar-refractivity contribution in [2.45, 2.75) is 6.04 Å². The number of nitrogens with two attached hydrogens (primary N) is 1. The lowest BCUT2D eigenvalue weighted by molar-refractivity contribution is 0.405. The van der Waals surface area contributed by atoms with E-state index in [9.17, 15) is 0 Å². The van der Waals surface area contributed by atoms with Crippen molar-refractivity contribution in [3.05, 3.63) is 23.0 Å². The highest BCUT2D eigenvalue weighted by molar-refractivity contribution is 7.03. The fourth-order valence-corrected chi connectivity index (χ4v) is 1.88. The van der Waals surface area contributed by atoms with Gasteiger partial charge in [0.1, 0.15) is 5.69 Å². The Balaban J connectivity index is 2.40. The molecule has 0 aliphatic carbocycles. The second-order valence-corrected chi connectivity index (χ2v) is 3.64. The molecule has 15 heavy (non-hydrogen) atoms. The topological polar surface area (TPSA) is 78.9 Å². The Hall–Kier alpha value is -1.47. The quantitative estimate of drug-likeness (QED) is 0.814. The Labute approximate surface area is 90.8 Å². The zero-order valence-electron chi connectivity index (χ0n) is 8.41. The van der Waals surface area contributed by atoms with Crippen molar-refractivity contribution in [2.24, 2.45) is 12.8 Å². The fraction of sp³-hybridized carbons (Fsp3) is 0.375. The van der Waals surface area contributed by atoms with Crippen LogP contribution in [-0.4, -0.2) is 26.5 Å². The van der Waals surface area contributed by atoms with Gasteiger partial charge in [0.05, 0.1) is 25.0 Å². The minimum Gasteiger partial charge on any atom is -0.493 e. The molecule has 0 aliphatic heterocycles. The largest absolute Gasteiger partial charge is 0.493 e. The highest BCUT2D eigenvalue weighted by Gasteiger charge is 2.20. The minimum absolute atomic E-state index is 0.355. The van der Waals surface area contributed by atoms with E-state index in [1.54, 1.807) is 18.0 Å². The Morgan fingerprint density at radius 3 is 3.00 bits per heavy atom. The van der Waals surface area contributed by atoms with Crippen molar-refractivity contribution in [1.82, 2.24) is 19.4 Å². The molecule has 2 aromatic heterocycles. The van der Waals surface area contributed by atoms with Crippen LogP contribution >= 0.6 is 11.5 Å². The molecule has 0 aliphatic rings. The van der Waals surface area contributed by atoms with Crippen LogP contribution in [0.4, 0.5) is 0 Å². The predicted octanol–water partition coefficient (Wildman–Crippen LogP) is 0.328. The van der Waals surface area contributed by atoms with Gasteiger partial charge in [0.15, 0.2) is 5.75 Å². The second-order valence-electron chi connectivity index (χ2n) is 3.03. The molecule has 2 rings (SSSR count). The lowest BCUT2D eigenvalue weighted by Crippen LogP contribution is -2.17. The minimum atomic E-state index is -0.355. The lowest BCUT2D eigenvalue weighted by Gasteiger charge is -2.10. The Kier molecular flexibility index (Phi) is 2.65. The number of rotatable bonds is 3. The van der Waals surface area contributed by atoms with Crippen molar-refractivity contribution in [2.75, 3.05) is 7.11 Å². The third kappa shape index (κ3) is 1.71. The average Bonchev–Trinajstić information content (AvgIpc) is 2.85. The third-order valence-corrected chi connectivity index (χ3v) is 2.68. The molecule has 6 nitrogen and oxygen atoms in total. The molecule has 7 heteroatoms. The van der Waals surface area contributed by atoms with E-state index in [-0.39, 0.29) is 6.04 Å². The number of methoxy groups -OCH3 is 1. The molecule has 0 aromatic carbocycles. The summed E-state index contributed by atoms with van der Waals surface area (Å²) in [4.78, 5) is 0. The van der Waals surface area contributed by atoms with Crippen molar-refractivity contribution >= 4 is 11.5 Å². The monoisotopic (exact) mass is 225 g/mol. The van der Waals surface area contributed by atoms with E-state index in [4.69, 9.17) is 10.5 Å². The maximum absolute atomic E-state index is 6.05. The average molecular weight is 225 g/mol. The zero-order valence-corrected chi connectivity index (χ0v) is 9.23. The summed E-state index contributed by atoms with van der Waals surface area (Å²) in [7, 11) is 3.41. The summed E-state index contributed by atoms with van der Waals surface area (Å²) < 4.78 is 10.6. The SMILES string of the molecule is COc1cnn(C)c1C(N)c1csnn1. The first-order valence-corrected chi connectivity index (χ1v) is 5.16. The molecule has 2 aromatic rings. The van der Waals surface area contributed by atoms with Gasteiger partial charge in [-0.15, -0.1) is 5.10 Å². The third-order valence-electron chi connectivity index (χ3n) is 2.16. The van der Waals surface area contributed by atoms with Crippen LogP contribution in [0.1, 0.15) is 17.4 Å². The van der Waals surface area contributed by atoms with Gasteiger partial charge in [-0.3, -0.25) is 4.68 Å². The van der Waals surface area contributed by atoms with Crippen LogP contribution in [0.5, 0.6) is 5.75 Å². The molecule has 0 radical (unpaired) electrons. The molecular weight excluding hydrogens is 214 g/mol. The maximum atomic E-state index is 6.05. The Bertz CT molecular complexity index is 438. The van der Waals surface area contributed by atoms with Crippen LogP contribution in [0.3, 0.4) is 0 Å². The van der Waals surface area contributed by atoms with E-state index >= 15 is 0 Å². The van der Waals surface area contributed by atoms with Gasteiger partial charge in [0, 0.05) is 12.4 Å². The van der Waals surface area contributed by atoms with Crippen LogP contribution in [0.2, 0.25) is 0 Å². The maximum Gasteiger partial charge on any atom is 0.161 e. The summed E-state index contributed by atoms with van der Waals surface area (Å²) >= 11 is 1.27. The van der Waals surface area contributed by atoms with Crippen molar-refractivity contribution < 1.29 is 4.74 Å². The summed E-state index contributed by atoms with van der Waals surface area (Å²) in [6.45, 7) is 0. The molecule has 0 spiro atoms. The van der Waals surface area contributed by atoms with Gasteiger partial charge in [0.2, 0.25) is 0 Å². The number of hydrogen-bond donors (Lipinski definition) is 1. The van der Waals surface area contributed by atoms with Gasteiger partial charge in [-0.1, -0.05) is 4.49 Å². The predicted molar refractivity (Wildman–Crippen MR) is 55.7 cm³/mol. The molecule has 2 heterocycles. The van der Waals surface area contributed by atoms with Crippen LogP contribution in [0, 0.1) is 0 Å². The summed E-state index contributed by atoms with van der Waals surface area (Å²) in [5.74, 6) is 0.665. The molecule has 80 valence electrons. The molecular formula is C8H11N5OS. The van der Waals surface area contributed by atoms with Gasteiger partial charge in [-0.05, 0) is 11.5 Å². The number of nitrogens with zero attached hydrogens (tertiary/aromatic N) is 4. The second kappa shape index (κ2) is 3.95. The molecule has 0 saturated heterocycles. The summed E-state index contributed by atoms with van der Waals surface area (Å²) in [6.07, 6.45) is 1.63. The van der Waals surface area contributed by atoms with E-state index < -0.39 is 0 Å². The normalized spacial score (nSPS) is 12.7. The Morgan fingerprint density at radius 1 is 1.60 bits per heavy atom. The van der Waals surface area contributed by atoms with Crippen LogP contribution < -0.4 is 10.5 Å². The van der Waals surface area contributed by atoms with Gasteiger partial charge in [0.25, 0.3) is 0 Å². The highest BCUT2D eigenvalue weighted by Crippen LogP contribution is 2.26. The number of hydrogen-bond acceptors (Lipinski definition) is 6. The fourth-order valence-electron chi connectivity index (χ4n) is 1.39. The summed E-state index contributed by atoms with van der Waals surface area (Å²) in [5.41, 5.74) is 7.57. The van der Waals surface area contributed by atoms with E-state index in [0.29, 0.717) is 5.75 Å². The van der Waals surface area contributed by atoms with Crippen LogP contribution in [0.15, 0.2) is 11.6 Å². The van der Waals surface area contributed by atoms with Crippen molar-refractivity contribution in [3.63, 3.8) is 0 Å². The van der Waals surface area contributed by atoms with E-state index in [1.807, 2.05) is 12.4 Å². The molecule has 0 saturated carbocycles. The molecule has 1 atom stereocenters. The molecule has 2 N–H and O–H groups in total. The number of aryl methyl sites for hydroxylation is 1. The molecule has 1 unspecified atom stereocenters. The zero-order chi connectivity index (χ0) is 10.8. The first kappa shape index (κ1) is 10.1. The van der Waals surface area contributed by atoms with Gasteiger partial charge < -0.3 is 10.5 Å². The number of aromatic nitrogens is 4. The first-order chi connectivity index (χ1) is 7.24. The van der Waals surface area contributed by atoms with Crippen molar-refractivity contribution in [3.8, 4) is 5.75 Å². The Morgan fingerprint density at radius 2 is 2.40 bits per heavy atom. The van der Waals surface area contributed by atoms with E-state index in [0.717, 1.165) is 11.4 Å². The van der Waals surface area contributed by atoms with Gasteiger partial charge >= 0.3 is 0 Å². The van der Waals surface area contributed by atoms with Crippen molar-refractivity contribution in [1.29, 1.82) is 0 Å². The molecule has 0 fully saturated rings. The van der Waals surface area contributed by atoms with Gasteiger partial charge in [-0.25, -0.2) is 0 Å². The van der Waals surface area contributed by atoms with Crippen LogP contribution in [0.25, 0.3) is 0 Å². The summed E-state index contributed by atoms with van der Waals surface area (Å²) in [5, 5.41) is 9.84. The van der Waals surface area contributed by atoms with Crippen LogP contribution in [-0.2, 0) is 7.05 Å².